The SMILES string of the molecule is CC(Cc1ccco1)NC(=O)CN(c1ccccc1)S(=O)(=O)N(C)C. The lowest BCUT2D eigenvalue weighted by atomic mass is 10.2. The fourth-order valence-electron chi connectivity index (χ4n) is 2.33. The van der Waals surface area contributed by atoms with E-state index in [1.54, 1.807) is 42.7 Å². The lowest BCUT2D eigenvalue weighted by molar-refractivity contribution is -0.120. The molecule has 0 saturated heterocycles. The second kappa shape index (κ2) is 8.17. The van der Waals surface area contributed by atoms with Gasteiger partial charge in [-0.05, 0) is 31.2 Å². The van der Waals surface area contributed by atoms with Crippen molar-refractivity contribution in [3.63, 3.8) is 0 Å². The van der Waals surface area contributed by atoms with E-state index in [0.29, 0.717) is 12.1 Å². The summed E-state index contributed by atoms with van der Waals surface area (Å²) in [5.41, 5.74) is 0.435. The van der Waals surface area contributed by atoms with E-state index >= 15 is 0 Å². The normalized spacial score (nSPS) is 12.8. The van der Waals surface area contributed by atoms with Gasteiger partial charge >= 0.3 is 10.2 Å². The van der Waals surface area contributed by atoms with Gasteiger partial charge in [0.2, 0.25) is 5.91 Å². The zero-order valence-corrected chi connectivity index (χ0v) is 15.4. The Kier molecular flexibility index (Phi) is 6.22. The molecule has 1 aromatic heterocycles. The number of nitrogens with one attached hydrogen (secondary N) is 1. The Morgan fingerprint density at radius 1 is 1.16 bits per heavy atom. The lowest BCUT2D eigenvalue weighted by Gasteiger charge is -2.27. The van der Waals surface area contributed by atoms with E-state index < -0.39 is 10.2 Å². The van der Waals surface area contributed by atoms with Gasteiger partial charge in [-0.1, -0.05) is 18.2 Å². The second-order valence-corrected chi connectivity index (χ2v) is 7.95. The lowest BCUT2D eigenvalue weighted by Crippen LogP contribution is -2.47. The third kappa shape index (κ3) is 5.07. The first-order valence-corrected chi connectivity index (χ1v) is 9.27. The average Bonchev–Trinajstić information content (AvgIpc) is 3.05. The fourth-order valence-corrected chi connectivity index (χ4v) is 3.39. The third-order valence-corrected chi connectivity index (χ3v) is 5.39. The molecule has 0 aliphatic carbocycles. The van der Waals surface area contributed by atoms with Crippen LogP contribution in [-0.4, -0.2) is 45.3 Å². The third-order valence-electron chi connectivity index (χ3n) is 3.57. The summed E-state index contributed by atoms with van der Waals surface area (Å²) in [6.07, 6.45) is 2.11. The van der Waals surface area contributed by atoms with E-state index in [2.05, 4.69) is 5.32 Å². The second-order valence-electron chi connectivity index (χ2n) is 5.88. The largest absolute Gasteiger partial charge is 0.469 e. The average molecular weight is 365 g/mol. The van der Waals surface area contributed by atoms with E-state index in [-0.39, 0.29) is 18.5 Å². The van der Waals surface area contributed by atoms with Crippen LogP contribution in [0.15, 0.2) is 53.1 Å². The molecule has 8 heteroatoms. The quantitative estimate of drug-likeness (QED) is 0.771. The number of hydrogen-bond acceptors (Lipinski definition) is 4. The van der Waals surface area contributed by atoms with E-state index in [4.69, 9.17) is 4.42 Å². The number of benzene rings is 1. The molecule has 2 rings (SSSR count). The summed E-state index contributed by atoms with van der Waals surface area (Å²) in [4.78, 5) is 12.4. The molecule has 0 spiro atoms. The van der Waals surface area contributed by atoms with Gasteiger partial charge in [0.25, 0.3) is 0 Å². The highest BCUT2D eigenvalue weighted by atomic mass is 32.2. The standard InChI is InChI=1S/C17H23N3O4S/c1-14(12-16-10-7-11-24-16)18-17(21)13-20(25(22,23)19(2)3)15-8-5-4-6-9-15/h4-11,14H,12-13H2,1-3H3,(H,18,21). The van der Waals surface area contributed by atoms with Crippen LogP contribution in [0.4, 0.5) is 5.69 Å². The molecule has 136 valence electrons. The number of nitrogens with zero attached hydrogens (tertiary/aromatic N) is 2. The highest BCUT2D eigenvalue weighted by Gasteiger charge is 2.27. The van der Waals surface area contributed by atoms with Crippen molar-refractivity contribution in [1.29, 1.82) is 0 Å². The topological polar surface area (TPSA) is 82.9 Å². The molecule has 0 fully saturated rings. The summed E-state index contributed by atoms with van der Waals surface area (Å²) in [6, 6.07) is 12.0. The minimum absolute atomic E-state index is 0.182. The molecule has 0 aliphatic heterocycles. The van der Waals surface area contributed by atoms with Crippen LogP contribution < -0.4 is 9.62 Å². The van der Waals surface area contributed by atoms with Crippen molar-refractivity contribution in [1.82, 2.24) is 9.62 Å². The van der Waals surface area contributed by atoms with Crippen molar-refractivity contribution in [3.05, 3.63) is 54.5 Å². The Morgan fingerprint density at radius 3 is 2.40 bits per heavy atom. The maximum Gasteiger partial charge on any atom is 0.304 e. The van der Waals surface area contributed by atoms with Gasteiger partial charge in [-0.25, -0.2) is 4.31 Å². The van der Waals surface area contributed by atoms with Crippen LogP contribution in [-0.2, 0) is 21.4 Å². The van der Waals surface area contributed by atoms with Gasteiger partial charge < -0.3 is 9.73 Å². The van der Waals surface area contributed by atoms with Gasteiger partial charge in [0.1, 0.15) is 12.3 Å². The van der Waals surface area contributed by atoms with Crippen LogP contribution in [0, 0.1) is 0 Å². The monoisotopic (exact) mass is 365 g/mol. The van der Waals surface area contributed by atoms with Gasteiger partial charge in [0, 0.05) is 26.6 Å². The van der Waals surface area contributed by atoms with E-state index in [1.807, 2.05) is 13.0 Å². The molecular formula is C17H23N3O4S. The molecule has 0 radical (unpaired) electrons. The maximum absolute atomic E-state index is 12.6. The first-order valence-electron chi connectivity index (χ1n) is 7.87. The minimum Gasteiger partial charge on any atom is -0.469 e. The Hall–Kier alpha value is -2.32. The van der Waals surface area contributed by atoms with E-state index in [9.17, 15) is 13.2 Å². The number of anilines is 1. The summed E-state index contributed by atoms with van der Waals surface area (Å²) >= 11 is 0. The van der Waals surface area contributed by atoms with Crippen LogP contribution >= 0.6 is 0 Å². The molecule has 2 aromatic rings. The predicted octanol–water partition coefficient (Wildman–Crippen LogP) is 1.64. The van der Waals surface area contributed by atoms with E-state index in [0.717, 1.165) is 14.4 Å². The Balaban J connectivity index is 2.09. The molecule has 25 heavy (non-hydrogen) atoms. The van der Waals surface area contributed by atoms with Crippen LogP contribution in [0.5, 0.6) is 0 Å². The molecule has 1 N–H and O–H groups in total. The number of hydrogen-bond donors (Lipinski definition) is 1. The molecule has 1 heterocycles. The summed E-state index contributed by atoms with van der Waals surface area (Å²) in [5, 5.41) is 2.81. The molecule has 0 bridgehead atoms. The predicted molar refractivity (Wildman–Crippen MR) is 96.4 cm³/mol. The summed E-state index contributed by atoms with van der Waals surface area (Å²) in [5.74, 6) is 0.377. The molecule has 1 atom stereocenters. The first-order chi connectivity index (χ1) is 11.8. The highest BCUT2D eigenvalue weighted by molar-refractivity contribution is 7.90. The highest BCUT2D eigenvalue weighted by Crippen LogP contribution is 2.18. The summed E-state index contributed by atoms with van der Waals surface area (Å²) in [6.45, 7) is 1.54. The van der Waals surface area contributed by atoms with Crippen molar-refractivity contribution >= 4 is 21.8 Å². The molecule has 1 amide bonds. The number of carbonyl (C=O) groups excluding carboxylic acids is 1. The van der Waals surface area contributed by atoms with Crippen molar-refractivity contribution in [2.24, 2.45) is 0 Å². The fraction of sp³-hybridized carbons (Fsp3) is 0.353. The zero-order chi connectivity index (χ0) is 18.4. The van der Waals surface area contributed by atoms with Crippen LogP contribution in [0.25, 0.3) is 0 Å². The Morgan fingerprint density at radius 2 is 1.84 bits per heavy atom. The number of furan rings is 1. The van der Waals surface area contributed by atoms with Gasteiger partial charge in [0.05, 0.1) is 12.0 Å². The van der Waals surface area contributed by atoms with Crippen LogP contribution in [0.3, 0.4) is 0 Å². The van der Waals surface area contributed by atoms with Crippen molar-refractivity contribution in [2.75, 3.05) is 24.9 Å². The number of rotatable bonds is 8. The first kappa shape index (κ1) is 19.0. The molecule has 1 aromatic carbocycles. The Labute approximate surface area is 148 Å². The van der Waals surface area contributed by atoms with Crippen molar-refractivity contribution in [3.8, 4) is 0 Å². The summed E-state index contributed by atoms with van der Waals surface area (Å²) in [7, 11) is -0.919. The molecular weight excluding hydrogens is 342 g/mol. The smallest absolute Gasteiger partial charge is 0.304 e. The molecule has 0 aliphatic rings. The van der Waals surface area contributed by atoms with Gasteiger partial charge in [-0.15, -0.1) is 0 Å². The Bertz CT molecular complexity index is 773. The van der Waals surface area contributed by atoms with Crippen molar-refractivity contribution in [2.45, 2.75) is 19.4 Å². The van der Waals surface area contributed by atoms with Crippen LogP contribution in [0.1, 0.15) is 12.7 Å². The maximum atomic E-state index is 12.6. The molecule has 7 nitrogen and oxygen atoms in total. The molecule has 1 unspecified atom stereocenters. The van der Waals surface area contributed by atoms with Gasteiger partial charge in [-0.3, -0.25) is 4.79 Å². The van der Waals surface area contributed by atoms with E-state index in [1.165, 1.54) is 14.1 Å². The minimum atomic E-state index is -3.79. The number of para-hydroxylation sites is 1. The summed E-state index contributed by atoms with van der Waals surface area (Å²) < 4.78 is 32.6. The number of amides is 1. The zero-order valence-electron chi connectivity index (χ0n) is 14.5. The number of carbonyl (C=O) groups is 1. The van der Waals surface area contributed by atoms with Gasteiger partial charge in [-0.2, -0.15) is 12.7 Å². The van der Waals surface area contributed by atoms with Crippen molar-refractivity contribution < 1.29 is 17.6 Å². The van der Waals surface area contributed by atoms with Crippen LogP contribution in [0.2, 0.25) is 0 Å². The molecule has 0 saturated carbocycles. The van der Waals surface area contributed by atoms with Gasteiger partial charge in [0.15, 0.2) is 0 Å².